The van der Waals surface area contributed by atoms with Crippen molar-refractivity contribution in [3.8, 4) is 0 Å². The highest BCUT2D eigenvalue weighted by molar-refractivity contribution is 9.10. The molecule has 2 rings (SSSR count). The third kappa shape index (κ3) is 2.93. The van der Waals surface area contributed by atoms with Crippen LogP contribution in [-0.4, -0.2) is 0 Å². The SMILES string of the molecule is NC(Cc1ccccc1F)c1ccccc1Br. The van der Waals surface area contributed by atoms with Crippen molar-refractivity contribution in [2.75, 3.05) is 0 Å². The van der Waals surface area contributed by atoms with Gasteiger partial charge in [-0.15, -0.1) is 0 Å². The van der Waals surface area contributed by atoms with Crippen molar-refractivity contribution in [1.29, 1.82) is 0 Å². The molecule has 2 N–H and O–H groups in total. The fourth-order valence-electron chi connectivity index (χ4n) is 1.79. The Morgan fingerprint density at radius 3 is 2.41 bits per heavy atom. The minimum absolute atomic E-state index is 0.199. The number of halogens is 2. The van der Waals surface area contributed by atoms with E-state index in [1.54, 1.807) is 12.1 Å². The first-order valence-corrected chi connectivity index (χ1v) is 6.21. The summed E-state index contributed by atoms with van der Waals surface area (Å²) in [4.78, 5) is 0. The number of rotatable bonds is 3. The highest BCUT2D eigenvalue weighted by Crippen LogP contribution is 2.24. The van der Waals surface area contributed by atoms with Gasteiger partial charge in [0.25, 0.3) is 0 Å². The average Bonchev–Trinajstić information content (AvgIpc) is 2.32. The fraction of sp³-hybridized carbons (Fsp3) is 0.143. The van der Waals surface area contributed by atoms with Crippen LogP contribution in [-0.2, 0) is 6.42 Å². The van der Waals surface area contributed by atoms with Gasteiger partial charge in [-0.25, -0.2) is 4.39 Å². The van der Waals surface area contributed by atoms with E-state index in [1.165, 1.54) is 6.07 Å². The molecule has 0 bridgehead atoms. The molecule has 3 heteroatoms. The third-order valence-electron chi connectivity index (χ3n) is 2.70. The van der Waals surface area contributed by atoms with E-state index >= 15 is 0 Å². The lowest BCUT2D eigenvalue weighted by Crippen LogP contribution is -2.14. The molecule has 0 saturated heterocycles. The van der Waals surface area contributed by atoms with Crippen molar-refractivity contribution in [3.05, 3.63) is 69.9 Å². The second kappa shape index (κ2) is 5.43. The summed E-state index contributed by atoms with van der Waals surface area (Å²) in [6.07, 6.45) is 0.495. The summed E-state index contributed by atoms with van der Waals surface area (Å²) in [7, 11) is 0. The van der Waals surface area contributed by atoms with Gasteiger partial charge in [0.05, 0.1) is 0 Å². The lowest BCUT2D eigenvalue weighted by atomic mass is 9.99. The molecule has 0 aliphatic rings. The summed E-state index contributed by atoms with van der Waals surface area (Å²) in [5, 5.41) is 0. The molecule has 2 aromatic carbocycles. The summed E-state index contributed by atoms with van der Waals surface area (Å²) in [6, 6.07) is 14.3. The quantitative estimate of drug-likeness (QED) is 0.914. The summed E-state index contributed by atoms with van der Waals surface area (Å²) in [5.74, 6) is -0.199. The topological polar surface area (TPSA) is 26.0 Å². The maximum atomic E-state index is 13.5. The van der Waals surface area contributed by atoms with Crippen LogP contribution in [0.1, 0.15) is 17.2 Å². The van der Waals surface area contributed by atoms with Crippen LogP contribution in [0.3, 0.4) is 0 Å². The molecule has 0 aliphatic carbocycles. The van der Waals surface area contributed by atoms with E-state index < -0.39 is 0 Å². The molecule has 0 amide bonds. The zero-order valence-electron chi connectivity index (χ0n) is 9.24. The molecule has 2 aromatic rings. The molecule has 1 nitrogen and oxygen atoms in total. The number of nitrogens with two attached hydrogens (primary N) is 1. The normalized spacial score (nSPS) is 12.4. The van der Waals surface area contributed by atoms with Gasteiger partial charge < -0.3 is 5.73 Å². The van der Waals surface area contributed by atoms with Crippen molar-refractivity contribution in [2.24, 2.45) is 5.73 Å². The van der Waals surface area contributed by atoms with Crippen molar-refractivity contribution >= 4 is 15.9 Å². The smallest absolute Gasteiger partial charge is 0.126 e. The zero-order valence-corrected chi connectivity index (χ0v) is 10.8. The second-order valence-electron chi connectivity index (χ2n) is 3.92. The monoisotopic (exact) mass is 293 g/mol. The standard InChI is InChI=1S/C14H13BrFN/c15-12-7-3-2-6-11(12)14(17)9-10-5-1-4-8-13(10)16/h1-8,14H,9,17H2. The molecule has 0 radical (unpaired) electrons. The Labute approximate surface area is 109 Å². The van der Waals surface area contributed by atoms with Gasteiger partial charge in [0.2, 0.25) is 0 Å². The zero-order chi connectivity index (χ0) is 12.3. The highest BCUT2D eigenvalue weighted by atomic mass is 79.9. The Kier molecular flexibility index (Phi) is 3.92. The fourth-order valence-corrected chi connectivity index (χ4v) is 2.37. The summed E-state index contributed by atoms with van der Waals surface area (Å²) < 4.78 is 14.5. The van der Waals surface area contributed by atoms with Gasteiger partial charge >= 0.3 is 0 Å². The van der Waals surface area contributed by atoms with E-state index in [0.717, 1.165) is 10.0 Å². The summed E-state index contributed by atoms with van der Waals surface area (Å²) in [5.41, 5.74) is 7.74. The van der Waals surface area contributed by atoms with Crippen LogP contribution >= 0.6 is 15.9 Å². The summed E-state index contributed by atoms with van der Waals surface area (Å²) >= 11 is 3.46. The van der Waals surface area contributed by atoms with Gasteiger partial charge in [-0.05, 0) is 29.7 Å². The Balaban J connectivity index is 2.20. The van der Waals surface area contributed by atoms with Crippen LogP contribution in [0.15, 0.2) is 53.0 Å². The predicted octanol–water partition coefficient (Wildman–Crippen LogP) is 3.83. The molecule has 0 aromatic heterocycles. The minimum atomic E-state index is -0.206. The van der Waals surface area contributed by atoms with Gasteiger partial charge in [-0.2, -0.15) is 0 Å². The van der Waals surface area contributed by atoms with Crippen LogP contribution in [0, 0.1) is 5.82 Å². The third-order valence-corrected chi connectivity index (χ3v) is 3.42. The van der Waals surface area contributed by atoms with Gasteiger partial charge in [0, 0.05) is 10.5 Å². The average molecular weight is 294 g/mol. The first-order chi connectivity index (χ1) is 8.18. The van der Waals surface area contributed by atoms with Crippen molar-refractivity contribution in [1.82, 2.24) is 0 Å². The lowest BCUT2D eigenvalue weighted by molar-refractivity contribution is 0.593. The molecule has 0 fully saturated rings. The Morgan fingerprint density at radius 2 is 1.71 bits per heavy atom. The minimum Gasteiger partial charge on any atom is -0.324 e. The van der Waals surface area contributed by atoms with Gasteiger partial charge in [-0.3, -0.25) is 0 Å². The Hall–Kier alpha value is -1.19. The van der Waals surface area contributed by atoms with E-state index in [1.807, 2.05) is 30.3 Å². The second-order valence-corrected chi connectivity index (χ2v) is 4.78. The number of hydrogen-bond donors (Lipinski definition) is 1. The highest BCUT2D eigenvalue weighted by Gasteiger charge is 2.12. The molecule has 88 valence electrons. The molecule has 17 heavy (non-hydrogen) atoms. The van der Waals surface area contributed by atoms with Crippen LogP contribution in [0.25, 0.3) is 0 Å². The van der Waals surface area contributed by atoms with E-state index in [0.29, 0.717) is 12.0 Å². The molecule has 0 spiro atoms. The van der Waals surface area contributed by atoms with Gasteiger partial charge in [-0.1, -0.05) is 52.3 Å². The van der Waals surface area contributed by atoms with E-state index in [4.69, 9.17) is 5.73 Å². The molecule has 1 unspecified atom stereocenters. The first-order valence-electron chi connectivity index (χ1n) is 5.42. The molecule has 1 atom stereocenters. The largest absolute Gasteiger partial charge is 0.324 e. The van der Waals surface area contributed by atoms with Gasteiger partial charge in [0.1, 0.15) is 5.82 Å². The molecule has 0 aliphatic heterocycles. The summed E-state index contributed by atoms with van der Waals surface area (Å²) in [6.45, 7) is 0. The van der Waals surface area contributed by atoms with Crippen molar-refractivity contribution in [3.63, 3.8) is 0 Å². The molecule has 0 heterocycles. The maximum absolute atomic E-state index is 13.5. The van der Waals surface area contributed by atoms with E-state index in [-0.39, 0.29) is 11.9 Å². The number of benzene rings is 2. The first kappa shape index (κ1) is 12.3. The van der Waals surface area contributed by atoms with Crippen LogP contribution in [0.2, 0.25) is 0 Å². The van der Waals surface area contributed by atoms with Crippen LogP contribution < -0.4 is 5.73 Å². The Bertz CT molecular complexity index is 513. The van der Waals surface area contributed by atoms with Crippen molar-refractivity contribution in [2.45, 2.75) is 12.5 Å². The molecule has 0 saturated carbocycles. The van der Waals surface area contributed by atoms with Crippen LogP contribution in [0.5, 0.6) is 0 Å². The number of hydrogen-bond acceptors (Lipinski definition) is 1. The van der Waals surface area contributed by atoms with E-state index in [2.05, 4.69) is 15.9 Å². The maximum Gasteiger partial charge on any atom is 0.126 e. The predicted molar refractivity (Wildman–Crippen MR) is 71.2 cm³/mol. The van der Waals surface area contributed by atoms with Crippen LogP contribution in [0.4, 0.5) is 4.39 Å². The van der Waals surface area contributed by atoms with Crippen molar-refractivity contribution < 1.29 is 4.39 Å². The lowest BCUT2D eigenvalue weighted by Gasteiger charge is -2.14. The molecular formula is C14H13BrFN. The Morgan fingerprint density at radius 1 is 1.06 bits per heavy atom. The van der Waals surface area contributed by atoms with E-state index in [9.17, 15) is 4.39 Å². The van der Waals surface area contributed by atoms with Gasteiger partial charge in [0.15, 0.2) is 0 Å². The molecular weight excluding hydrogens is 281 g/mol.